The minimum atomic E-state index is -0.307. The Hall–Kier alpha value is -2.54. The SMILES string of the molecule is CN(Cc1ccc(F)cc1)C(=O)Cn1cnc2sc3c(c2c1=O)CCCCC3. The van der Waals surface area contributed by atoms with Crippen molar-refractivity contribution in [1.82, 2.24) is 14.5 Å². The standard InChI is InChI=1S/C21H22FN3O2S/c1-24(11-14-7-9-15(22)10-8-14)18(26)12-25-13-23-20-19(21(25)27)16-5-3-2-4-6-17(16)28-20/h7-10,13H,2-6,11-12H2,1H3. The molecule has 0 atom stereocenters. The highest BCUT2D eigenvalue weighted by Crippen LogP contribution is 2.32. The fourth-order valence-electron chi connectivity index (χ4n) is 3.69. The van der Waals surface area contributed by atoms with E-state index >= 15 is 0 Å². The van der Waals surface area contributed by atoms with E-state index in [2.05, 4.69) is 4.98 Å². The highest BCUT2D eigenvalue weighted by atomic mass is 32.1. The molecule has 0 aliphatic heterocycles. The molecular formula is C21H22FN3O2S. The molecule has 0 unspecified atom stereocenters. The zero-order chi connectivity index (χ0) is 19.7. The fraction of sp³-hybridized carbons (Fsp3) is 0.381. The number of hydrogen-bond acceptors (Lipinski definition) is 4. The van der Waals surface area contributed by atoms with Crippen LogP contribution in [-0.4, -0.2) is 27.4 Å². The molecule has 7 heteroatoms. The zero-order valence-electron chi connectivity index (χ0n) is 15.8. The lowest BCUT2D eigenvalue weighted by atomic mass is 10.1. The number of halogens is 1. The number of thiophene rings is 1. The largest absolute Gasteiger partial charge is 0.340 e. The van der Waals surface area contributed by atoms with E-state index in [1.54, 1.807) is 30.5 Å². The number of nitrogens with zero attached hydrogens (tertiary/aromatic N) is 3. The van der Waals surface area contributed by atoms with Crippen LogP contribution in [0, 0.1) is 5.82 Å². The molecule has 28 heavy (non-hydrogen) atoms. The molecule has 0 radical (unpaired) electrons. The number of benzene rings is 1. The first-order chi connectivity index (χ1) is 13.5. The van der Waals surface area contributed by atoms with Gasteiger partial charge in [-0.1, -0.05) is 18.6 Å². The van der Waals surface area contributed by atoms with Gasteiger partial charge in [0.2, 0.25) is 5.91 Å². The topological polar surface area (TPSA) is 55.2 Å². The number of rotatable bonds is 4. The van der Waals surface area contributed by atoms with Gasteiger partial charge in [-0.25, -0.2) is 9.37 Å². The second-order valence-corrected chi connectivity index (χ2v) is 8.38. The summed E-state index contributed by atoms with van der Waals surface area (Å²) in [5.74, 6) is -0.493. The maximum atomic E-state index is 13.0. The second-order valence-electron chi connectivity index (χ2n) is 7.30. The average Bonchev–Trinajstić information content (AvgIpc) is 2.88. The van der Waals surface area contributed by atoms with E-state index < -0.39 is 0 Å². The van der Waals surface area contributed by atoms with Gasteiger partial charge >= 0.3 is 0 Å². The van der Waals surface area contributed by atoms with Crippen LogP contribution in [0.3, 0.4) is 0 Å². The van der Waals surface area contributed by atoms with E-state index in [1.165, 1.54) is 39.2 Å². The van der Waals surface area contributed by atoms with E-state index in [0.29, 0.717) is 11.9 Å². The zero-order valence-corrected chi connectivity index (χ0v) is 16.6. The van der Waals surface area contributed by atoms with Gasteiger partial charge in [0.05, 0.1) is 11.7 Å². The van der Waals surface area contributed by atoms with Crippen LogP contribution in [0.4, 0.5) is 4.39 Å². The molecule has 1 amide bonds. The minimum Gasteiger partial charge on any atom is -0.340 e. The van der Waals surface area contributed by atoms with Crippen LogP contribution in [0.25, 0.3) is 10.2 Å². The third-order valence-electron chi connectivity index (χ3n) is 5.26. The molecule has 5 nitrogen and oxygen atoms in total. The molecule has 4 rings (SSSR count). The summed E-state index contributed by atoms with van der Waals surface area (Å²) in [6.07, 6.45) is 6.82. The van der Waals surface area contributed by atoms with Crippen molar-refractivity contribution < 1.29 is 9.18 Å². The molecule has 1 aliphatic carbocycles. The molecule has 0 bridgehead atoms. The van der Waals surface area contributed by atoms with Gasteiger partial charge in [0.1, 0.15) is 17.2 Å². The van der Waals surface area contributed by atoms with Crippen molar-refractivity contribution in [2.75, 3.05) is 7.05 Å². The Labute approximate surface area is 166 Å². The normalized spacial score (nSPS) is 13.9. The van der Waals surface area contributed by atoms with Crippen molar-refractivity contribution >= 4 is 27.5 Å². The summed E-state index contributed by atoms with van der Waals surface area (Å²) in [5, 5.41) is 0.693. The van der Waals surface area contributed by atoms with Gasteiger partial charge in [-0.05, 0) is 48.9 Å². The molecule has 3 aromatic rings. The number of aryl methyl sites for hydroxylation is 2. The highest BCUT2D eigenvalue weighted by molar-refractivity contribution is 7.18. The van der Waals surface area contributed by atoms with Crippen molar-refractivity contribution in [2.24, 2.45) is 0 Å². The van der Waals surface area contributed by atoms with Gasteiger partial charge in [0.15, 0.2) is 0 Å². The fourth-order valence-corrected chi connectivity index (χ4v) is 4.91. The Kier molecular flexibility index (Phi) is 5.26. The third kappa shape index (κ3) is 3.71. The van der Waals surface area contributed by atoms with Crippen LogP contribution in [-0.2, 0) is 30.7 Å². The van der Waals surface area contributed by atoms with Crippen molar-refractivity contribution in [3.8, 4) is 0 Å². The second kappa shape index (κ2) is 7.83. The van der Waals surface area contributed by atoms with E-state index in [4.69, 9.17) is 0 Å². The van der Waals surface area contributed by atoms with Crippen molar-refractivity contribution in [2.45, 2.75) is 45.2 Å². The Morgan fingerprint density at radius 2 is 1.96 bits per heavy atom. The van der Waals surface area contributed by atoms with Crippen molar-refractivity contribution in [1.29, 1.82) is 0 Å². The van der Waals surface area contributed by atoms with Crippen LogP contribution >= 0.6 is 11.3 Å². The summed E-state index contributed by atoms with van der Waals surface area (Å²) < 4.78 is 14.4. The van der Waals surface area contributed by atoms with E-state index in [0.717, 1.165) is 41.6 Å². The number of aromatic nitrogens is 2. The maximum absolute atomic E-state index is 13.0. The molecule has 2 aromatic heterocycles. The molecule has 1 aromatic carbocycles. The number of fused-ring (bicyclic) bond motifs is 3. The maximum Gasteiger partial charge on any atom is 0.262 e. The summed E-state index contributed by atoms with van der Waals surface area (Å²) in [4.78, 5) is 33.7. The number of amides is 1. The lowest BCUT2D eigenvalue weighted by Crippen LogP contribution is -2.33. The molecule has 0 saturated carbocycles. The van der Waals surface area contributed by atoms with E-state index in [9.17, 15) is 14.0 Å². The Morgan fingerprint density at radius 3 is 2.75 bits per heavy atom. The molecule has 2 heterocycles. The molecule has 0 saturated heterocycles. The highest BCUT2D eigenvalue weighted by Gasteiger charge is 2.20. The third-order valence-corrected chi connectivity index (χ3v) is 6.46. The predicted molar refractivity (Wildman–Crippen MR) is 108 cm³/mol. The lowest BCUT2D eigenvalue weighted by Gasteiger charge is -2.18. The van der Waals surface area contributed by atoms with Gasteiger partial charge in [-0.2, -0.15) is 0 Å². The molecule has 0 spiro atoms. The first-order valence-corrected chi connectivity index (χ1v) is 10.3. The number of hydrogen-bond donors (Lipinski definition) is 0. The molecule has 0 N–H and O–H groups in total. The lowest BCUT2D eigenvalue weighted by molar-refractivity contribution is -0.131. The van der Waals surface area contributed by atoms with Crippen LogP contribution in [0.2, 0.25) is 0 Å². The van der Waals surface area contributed by atoms with Gasteiger partial charge in [-0.3, -0.25) is 14.2 Å². The molecular weight excluding hydrogens is 377 g/mol. The van der Waals surface area contributed by atoms with Gasteiger partial charge in [0, 0.05) is 18.5 Å². The molecule has 146 valence electrons. The van der Waals surface area contributed by atoms with E-state index in [-0.39, 0.29) is 23.8 Å². The summed E-state index contributed by atoms with van der Waals surface area (Å²) >= 11 is 1.61. The van der Waals surface area contributed by atoms with Crippen molar-refractivity contribution in [3.63, 3.8) is 0 Å². The van der Waals surface area contributed by atoms with Gasteiger partial charge in [-0.15, -0.1) is 11.3 Å². The Bertz CT molecular complexity index is 1070. The molecule has 1 aliphatic rings. The minimum absolute atomic E-state index is 0.0515. The summed E-state index contributed by atoms with van der Waals surface area (Å²) in [6.45, 7) is 0.307. The number of carbonyl (C=O) groups is 1. The van der Waals surface area contributed by atoms with E-state index in [1.807, 2.05) is 0 Å². The number of likely N-dealkylation sites (N-methyl/N-ethyl adjacent to an activating group) is 1. The Morgan fingerprint density at radius 1 is 1.21 bits per heavy atom. The van der Waals surface area contributed by atoms with Crippen molar-refractivity contribution in [3.05, 3.63) is 62.8 Å². The quantitative estimate of drug-likeness (QED) is 0.631. The smallest absolute Gasteiger partial charge is 0.262 e. The molecule has 0 fully saturated rings. The van der Waals surface area contributed by atoms with Gasteiger partial charge in [0.25, 0.3) is 5.56 Å². The summed E-state index contributed by atoms with van der Waals surface area (Å²) in [7, 11) is 1.68. The van der Waals surface area contributed by atoms with Crippen LogP contribution in [0.15, 0.2) is 35.4 Å². The number of carbonyl (C=O) groups excluding carboxylic acids is 1. The first kappa shape index (κ1) is 18.8. The van der Waals surface area contributed by atoms with Crippen LogP contribution in [0.5, 0.6) is 0 Å². The summed E-state index contributed by atoms with van der Waals surface area (Å²) in [5.41, 5.74) is 1.84. The average molecular weight is 399 g/mol. The first-order valence-electron chi connectivity index (χ1n) is 9.51. The predicted octanol–water partition coefficient (Wildman–Crippen LogP) is 3.52. The van der Waals surface area contributed by atoms with Gasteiger partial charge < -0.3 is 4.90 Å². The Balaban J connectivity index is 1.56. The monoisotopic (exact) mass is 399 g/mol. The van der Waals surface area contributed by atoms with Crippen LogP contribution < -0.4 is 5.56 Å². The summed E-state index contributed by atoms with van der Waals surface area (Å²) in [6, 6.07) is 6.05. The van der Waals surface area contributed by atoms with Crippen LogP contribution in [0.1, 0.15) is 35.3 Å².